The molecule has 1 heterocycles. The van der Waals surface area contributed by atoms with Gasteiger partial charge in [-0.3, -0.25) is 0 Å². The SMILES string of the molecule is Cc1cccc(Cl)c1Nc1ccc2cc(N)ccc2n1. The minimum Gasteiger partial charge on any atom is -0.399 e. The van der Waals surface area contributed by atoms with Crippen LogP contribution >= 0.6 is 11.6 Å². The molecule has 0 saturated heterocycles. The fraction of sp³-hybridized carbons (Fsp3) is 0.0625. The van der Waals surface area contributed by atoms with Crippen LogP contribution in [0.3, 0.4) is 0 Å². The van der Waals surface area contributed by atoms with Gasteiger partial charge in [0.05, 0.1) is 16.2 Å². The van der Waals surface area contributed by atoms with E-state index in [1.165, 1.54) is 0 Å². The van der Waals surface area contributed by atoms with Crippen molar-refractivity contribution in [3.05, 3.63) is 59.1 Å². The fourth-order valence-corrected chi connectivity index (χ4v) is 2.40. The summed E-state index contributed by atoms with van der Waals surface area (Å²) >= 11 is 6.21. The highest BCUT2D eigenvalue weighted by molar-refractivity contribution is 6.33. The van der Waals surface area contributed by atoms with Crippen LogP contribution in [0, 0.1) is 6.92 Å². The van der Waals surface area contributed by atoms with Gasteiger partial charge in [-0.1, -0.05) is 23.7 Å². The van der Waals surface area contributed by atoms with E-state index in [1.54, 1.807) is 0 Å². The van der Waals surface area contributed by atoms with Crippen molar-refractivity contribution in [1.29, 1.82) is 0 Å². The van der Waals surface area contributed by atoms with E-state index in [1.807, 2.05) is 55.5 Å². The molecule has 3 nitrogen and oxygen atoms in total. The summed E-state index contributed by atoms with van der Waals surface area (Å²) < 4.78 is 0. The first-order chi connectivity index (χ1) is 9.63. The number of nitrogens with one attached hydrogen (secondary N) is 1. The van der Waals surface area contributed by atoms with Crippen LogP contribution in [0.25, 0.3) is 10.9 Å². The summed E-state index contributed by atoms with van der Waals surface area (Å²) in [6.45, 7) is 2.01. The molecule has 0 aliphatic heterocycles. The van der Waals surface area contributed by atoms with Crippen LogP contribution in [0.5, 0.6) is 0 Å². The highest BCUT2D eigenvalue weighted by Crippen LogP contribution is 2.28. The summed E-state index contributed by atoms with van der Waals surface area (Å²) in [5, 5.41) is 4.98. The first kappa shape index (κ1) is 12.8. The molecule has 0 saturated carbocycles. The van der Waals surface area contributed by atoms with E-state index < -0.39 is 0 Å². The second kappa shape index (κ2) is 5.02. The summed E-state index contributed by atoms with van der Waals surface area (Å²) in [7, 11) is 0. The lowest BCUT2D eigenvalue weighted by molar-refractivity contribution is 1.35. The monoisotopic (exact) mass is 283 g/mol. The number of aryl methyl sites for hydroxylation is 1. The van der Waals surface area contributed by atoms with Crippen LogP contribution in [0.1, 0.15) is 5.56 Å². The van der Waals surface area contributed by atoms with E-state index in [-0.39, 0.29) is 0 Å². The van der Waals surface area contributed by atoms with Crippen molar-refractivity contribution < 1.29 is 0 Å². The van der Waals surface area contributed by atoms with Crippen molar-refractivity contribution in [3.63, 3.8) is 0 Å². The third-order valence-electron chi connectivity index (χ3n) is 3.19. The molecule has 3 rings (SSSR count). The number of hydrogen-bond acceptors (Lipinski definition) is 3. The highest BCUT2D eigenvalue weighted by Gasteiger charge is 2.05. The van der Waals surface area contributed by atoms with Gasteiger partial charge in [0.15, 0.2) is 0 Å². The topological polar surface area (TPSA) is 50.9 Å². The molecule has 0 bridgehead atoms. The van der Waals surface area contributed by atoms with Crippen molar-refractivity contribution in [2.24, 2.45) is 0 Å². The molecule has 0 atom stereocenters. The summed E-state index contributed by atoms with van der Waals surface area (Å²) in [6.07, 6.45) is 0. The van der Waals surface area contributed by atoms with Crippen molar-refractivity contribution in [2.45, 2.75) is 6.92 Å². The predicted octanol–water partition coefficient (Wildman–Crippen LogP) is 4.52. The Hall–Kier alpha value is -2.26. The molecule has 0 aliphatic rings. The lowest BCUT2D eigenvalue weighted by Crippen LogP contribution is -1.97. The second-order valence-corrected chi connectivity index (χ2v) is 5.11. The van der Waals surface area contributed by atoms with Gasteiger partial charge >= 0.3 is 0 Å². The number of rotatable bonds is 2. The maximum absolute atomic E-state index is 6.21. The number of fused-ring (bicyclic) bond motifs is 1. The first-order valence-corrected chi connectivity index (χ1v) is 6.70. The van der Waals surface area contributed by atoms with Crippen LogP contribution < -0.4 is 11.1 Å². The number of benzene rings is 2. The van der Waals surface area contributed by atoms with E-state index in [2.05, 4.69) is 10.3 Å². The van der Waals surface area contributed by atoms with Crippen molar-refractivity contribution in [1.82, 2.24) is 4.98 Å². The van der Waals surface area contributed by atoms with E-state index in [4.69, 9.17) is 17.3 Å². The molecule has 3 aromatic rings. The molecular weight excluding hydrogens is 270 g/mol. The Balaban J connectivity index is 2.01. The number of aromatic nitrogens is 1. The number of nitrogens with two attached hydrogens (primary N) is 1. The molecule has 0 fully saturated rings. The molecule has 0 aliphatic carbocycles. The molecule has 0 radical (unpaired) electrons. The Morgan fingerprint density at radius 3 is 2.75 bits per heavy atom. The smallest absolute Gasteiger partial charge is 0.131 e. The van der Waals surface area contributed by atoms with E-state index in [0.29, 0.717) is 5.02 Å². The average molecular weight is 284 g/mol. The number of nitrogens with zero attached hydrogens (tertiary/aromatic N) is 1. The molecule has 0 amide bonds. The van der Waals surface area contributed by atoms with Gasteiger partial charge in [0, 0.05) is 11.1 Å². The van der Waals surface area contributed by atoms with Gasteiger partial charge < -0.3 is 11.1 Å². The quantitative estimate of drug-likeness (QED) is 0.680. The Bertz CT molecular complexity index is 764. The minimum absolute atomic E-state index is 0.684. The molecule has 2 aromatic carbocycles. The van der Waals surface area contributed by atoms with Crippen LogP contribution in [-0.2, 0) is 0 Å². The second-order valence-electron chi connectivity index (χ2n) is 4.71. The maximum atomic E-state index is 6.21. The summed E-state index contributed by atoms with van der Waals surface area (Å²) in [5.74, 6) is 0.762. The highest BCUT2D eigenvalue weighted by atomic mass is 35.5. The first-order valence-electron chi connectivity index (χ1n) is 6.32. The lowest BCUT2D eigenvalue weighted by atomic mass is 10.2. The molecule has 0 unspecified atom stereocenters. The average Bonchev–Trinajstić information content (AvgIpc) is 2.43. The predicted molar refractivity (Wildman–Crippen MR) is 85.6 cm³/mol. The van der Waals surface area contributed by atoms with Gasteiger partial charge in [-0.25, -0.2) is 4.98 Å². The maximum Gasteiger partial charge on any atom is 0.131 e. The van der Waals surface area contributed by atoms with Crippen LogP contribution in [-0.4, -0.2) is 4.98 Å². The summed E-state index contributed by atoms with van der Waals surface area (Å²) in [4.78, 5) is 4.57. The molecular formula is C16H14ClN3. The van der Waals surface area contributed by atoms with Gasteiger partial charge in [0.2, 0.25) is 0 Å². The van der Waals surface area contributed by atoms with E-state index in [9.17, 15) is 0 Å². The Kier molecular flexibility index (Phi) is 3.20. The molecule has 100 valence electrons. The molecule has 1 aromatic heterocycles. The molecule has 3 N–H and O–H groups in total. The number of nitrogen functional groups attached to an aromatic ring is 1. The van der Waals surface area contributed by atoms with E-state index >= 15 is 0 Å². The third kappa shape index (κ3) is 2.40. The van der Waals surface area contributed by atoms with Gasteiger partial charge in [-0.05, 0) is 48.9 Å². The largest absolute Gasteiger partial charge is 0.399 e. The van der Waals surface area contributed by atoms with E-state index in [0.717, 1.165) is 33.7 Å². The number of pyridine rings is 1. The summed E-state index contributed by atoms with van der Waals surface area (Å²) in [5.41, 5.74) is 9.37. The number of para-hydroxylation sites is 1. The van der Waals surface area contributed by atoms with Crippen LogP contribution in [0.4, 0.5) is 17.2 Å². The zero-order valence-corrected chi connectivity index (χ0v) is 11.8. The van der Waals surface area contributed by atoms with Gasteiger partial charge in [0.1, 0.15) is 5.82 Å². The fourth-order valence-electron chi connectivity index (χ4n) is 2.13. The molecule has 0 spiro atoms. The standard InChI is InChI=1S/C16H14ClN3/c1-10-3-2-4-13(17)16(10)20-15-8-5-11-9-12(18)6-7-14(11)19-15/h2-9H,18H2,1H3,(H,19,20). The van der Waals surface area contributed by atoms with Crippen molar-refractivity contribution >= 4 is 39.7 Å². The summed E-state index contributed by atoms with van der Waals surface area (Å²) in [6, 6.07) is 15.4. The zero-order chi connectivity index (χ0) is 14.1. The lowest BCUT2D eigenvalue weighted by Gasteiger charge is -2.11. The van der Waals surface area contributed by atoms with Gasteiger partial charge in [-0.15, -0.1) is 0 Å². The Morgan fingerprint density at radius 2 is 1.95 bits per heavy atom. The van der Waals surface area contributed by atoms with Gasteiger partial charge in [-0.2, -0.15) is 0 Å². The van der Waals surface area contributed by atoms with Crippen molar-refractivity contribution in [2.75, 3.05) is 11.1 Å². The number of halogens is 1. The number of anilines is 3. The molecule has 4 heteroatoms. The van der Waals surface area contributed by atoms with Crippen molar-refractivity contribution in [3.8, 4) is 0 Å². The Labute approximate surface area is 122 Å². The minimum atomic E-state index is 0.684. The zero-order valence-electron chi connectivity index (χ0n) is 11.0. The van der Waals surface area contributed by atoms with Gasteiger partial charge in [0.25, 0.3) is 0 Å². The number of hydrogen-bond donors (Lipinski definition) is 2. The van der Waals surface area contributed by atoms with Crippen LogP contribution in [0.2, 0.25) is 5.02 Å². The molecule has 20 heavy (non-hydrogen) atoms. The third-order valence-corrected chi connectivity index (χ3v) is 3.50. The van der Waals surface area contributed by atoms with Crippen LogP contribution in [0.15, 0.2) is 48.5 Å². The Morgan fingerprint density at radius 1 is 1.10 bits per heavy atom. The normalized spacial score (nSPS) is 10.7.